The minimum absolute atomic E-state index is 0.153. The number of hydrogen-bond acceptors (Lipinski definition) is 4. The van der Waals surface area contributed by atoms with Gasteiger partial charge < -0.3 is 15.6 Å². The lowest BCUT2D eigenvalue weighted by molar-refractivity contribution is -0.137. The maximum atomic E-state index is 13.0. The van der Waals surface area contributed by atoms with E-state index < -0.39 is 22.7 Å². The molecule has 2 aromatic heterocycles. The second-order valence-corrected chi connectivity index (χ2v) is 6.78. The van der Waals surface area contributed by atoms with Gasteiger partial charge in [0, 0.05) is 23.1 Å². The predicted octanol–water partition coefficient (Wildman–Crippen LogP) is 4.93. The number of fused-ring (bicyclic) bond motifs is 1. The van der Waals surface area contributed by atoms with Crippen LogP contribution >= 0.6 is 11.6 Å². The summed E-state index contributed by atoms with van der Waals surface area (Å²) in [5.41, 5.74) is 6.42. The fourth-order valence-electron chi connectivity index (χ4n) is 2.97. The van der Waals surface area contributed by atoms with Gasteiger partial charge in [-0.25, -0.2) is 9.97 Å². The van der Waals surface area contributed by atoms with Crippen LogP contribution in [-0.2, 0) is 6.18 Å². The Morgan fingerprint density at radius 2 is 1.80 bits per heavy atom. The molecule has 1 amide bonds. The topological polar surface area (TPSA) is 85.8 Å². The number of nitrogens with zero attached hydrogens (tertiary/aromatic N) is 3. The number of carbonyl (C=O) groups is 1. The van der Waals surface area contributed by atoms with Crippen molar-refractivity contribution in [1.29, 1.82) is 0 Å². The van der Waals surface area contributed by atoms with E-state index in [0.29, 0.717) is 22.5 Å². The van der Waals surface area contributed by atoms with E-state index in [1.807, 2.05) is 0 Å². The van der Waals surface area contributed by atoms with Crippen molar-refractivity contribution in [1.82, 2.24) is 14.5 Å². The lowest BCUT2D eigenvalue weighted by Gasteiger charge is -2.12. The van der Waals surface area contributed by atoms with E-state index in [4.69, 9.17) is 17.3 Å². The van der Waals surface area contributed by atoms with Gasteiger partial charge in [0.1, 0.15) is 17.8 Å². The monoisotopic (exact) mass is 431 g/mol. The molecule has 0 spiro atoms. The number of nitrogen functional groups attached to an aromatic ring is 1. The van der Waals surface area contributed by atoms with E-state index in [2.05, 4.69) is 15.3 Å². The highest BCUT2D eigenvalue weighted by Crippen LogP contribution is 2.35. The molecule has 0 aliphatic heterocycles. The molecule has 4 aromatic rings. The Hall–Kier alpha value is -3.59. The maximum absolute atomic E-state index is 13.0. The Balaban J connectivity index is 1.57. The molecule has 4 rings (SSSR count). The molecule has 10 heteroatoms. The molecule has 0 aliphatic rings. The summed E-state index contributed by atoms with van der Waals surface area (Å²) in [5, 5.41) is 2.81. The number of nitrogens with two attached hydrogens (primary N) is 1. The number of benzene rings is 2. The summed E-state index contributed by atoms with van der Waals surface area (Å²) in [5.74, 6) is -0.319. The largest absolute Gasteiger partial charge is 0.417 e. The molecule has 0 atom stereocenters. The fourth-order valence-corrected chi connectivity index (χ4v) is 3.20. The van der Waals surface area contributed by atoms with Gasteiger partial charge in [0.15, 0.2) is 0 Å². The number of carbonyl (C=O) groups excluding carboxylic acids is 1. The second-order valence-electron chi connectivity index (χ2n) is 6.38. The third-order valence-electron chi connectivity index (χ3n) is 4.45. The van der Waals surface area contributed by atoms with E-state index >= 15 is 0 Å². The lowest BCUT2D eigenvalue weighted by Crippen LogP contribution is -2.14. The van der Waals surface area contributed by atoms with Gasteiger partial charge in [0.2, 0.25) is 0 Å². The van der Waals surface area contributed by atoms with Gasteiger partial charge >= 0.3 is 6.18 Å². The van der Waals surface area contributed by atoms with Gasteiger partial charge in [-0.2, -0.15) is 13.2 Å². The third kappa shape index (κ3) is 3.67. The number of anilines is 2. The third-order valence-corrected chi connectivity index (χ3v) is 4.78. The minimum atomic E-state index is -4.65. The van der Waals surface area contributed by atoms with Crippen molar-refractivity contribution in [3.63, 3.8) is 0 Å². The fraction of sp³-hybridized carbons (Fsp3) is 0.0500. The van der Waals surface area contributed by atoms with Gasteiger partial charge in [-0.1, -0.05) is 11.6 Å². The van der Waals surface area contributed by atoms with Crippen LogP contribution in [0.1, 0.15) is 15.9 Å². The summed E-state index contributed by atoms with van der Waals surface area (Å²) in [4.78, 5) is 20.5. The summed E-state index contributed by atoms with van der Waals surface area (Å²) in [6, 6.07) is 11.5. The molecule has 152 valence electrons. The Bertz CT molecular complexity index is 1250. The van der Waals surface area contributed by atoms with Crippen molar-refractivity contribution in [2.45, 2.75) is 6.18 Å². The van der Waals surface area contributed by atoms with Crippen molar-refractivity contribution in [3.8, 4) is 5.69 Å². The van der Waals surface area contributed by atoms with Crippen LogP contribution in [0, 0.1) is 0 Å². The highest BCUT2D eigenvalue weighted by molar-refractivity contribution is 6.31. The summed E-state index contributed by atoms with van der Waals surface area (Å²) in [6.45, 7) is 0. The number of aromatic nitrogens is 3. The Morgan fingerprint density at radius 3 is 2.50 bits per heavy atom. The van der Waals surface area contributed by atoms with Crippen LogP contribution < -0.4 is 11.1 Å². The molecule has 2 aromatic carbocycles. The molecule has 0 radical (unpaired) electrons. The minimum Gasteiger partial charge on any atom is -0.383 e. The zero-order valence-electron chi connectivity index (χ0n) is 15.1. The molecule has 0 fully saturated rings. The van der Waals surface area contributed by atoms with Crippen LogP contribution in [0.2, 0.25) is 5.02 Å². The van der Waals surface area contributed by atoms with Gasteiger partial charge in [-0.05, 0) is 48.5 Å². The predicted molar refractivity (Wildman–Crippen MR) is 108 cm³/mol. The molecular formula is C20H13ClF3N5O. The van der Waals surface area contributed by atoms with E-state index in [1.54, 1.807) is 41.1 Å². The van der Waals surface area contributed by atoms with Crippen LogP contribution in [0.4, 0.5) is 24.7 Å². The van der Waals surface area contributed by atoms with E-state index in [9.17, 15) is 18.0 Å². The standard InChI is InChI=1S/C20H13ClF3N5O/c21-16-6-1-11(9-15(16)20(22,23)24)19(30)28-12-2-4-13(5-3-12)29-8-7-14-17(25)26-10-27-18(14)29/h1-10H,(H,28,30)(H2,25,26,27). The van der Waals surface area contributed by atoms with Crippen molar-refractivity contribution < 1.29 is 18.0 Å². The zero-order valence-corrected chi connectivity index (χ0v) is 15.9. The van der Waals surface area contributed by atoms with Crippen LogP contribution in [0.25, 0.3) is 16.7 Å². The van der Waals surface area contributed by atoms with Crippen molar-refractivity contribution in [2.24, 2.45) is 0 Å². The average molecular weight is 432 g/mol. The van der Waals surface area contributed by atoms with E-state index in [0.717, 1.165) is 17.8 Å². The SMILES string of the molecule is Nc1ncnc2c1ccn2-c1ccc(NC(=O)c2ccc(Cl)c(C(F)(F)F)c2)cc1. The van der Waals surface area contributed by atoms with Crippen molar-refractivity contribution >= 4 is 40.0 Å². The Morgan fingerprint density at radius 1 is 1.07 bits per heavy atom. The Kier molecular flexibility index (Phi) is 4.83. The first-order valence-electron chi connectivity index (χ1n) is 8.60. The van der Waals surface area contributed by atoms with Crippen LogP contribution in [-0.4, -0.2) is 20.4 Å². The van der Waals surface area contributed by atoms with Gasteiger partial charge in [-0.3, -0.25) is 4.79 Å². The maximum Gasteiger partial charge on any atom is 0.417 e. The van der Waals surface area contributed by atoms with Crippen LogP contribution in [0.5, 0.6) is 0 Å². The molecule has 0 aliphatic carbocycles. The number of hydrogen-bond donors (Lipinski definition) is 2. The quantitative estimate of drug-likeness (QED) is 0.481. The van der Waals surface area contributed by atoms with Crippen molar-refractivity contribution in [2.75, 3.05) is 11.1 Å². The molecule has 0 unspecified atom stereocenters. The normalized spacial score (nSPS) is 11.6. The average Bonchev–Trinajstić information content (AvgIpc) is 3.13. The number of halogens is 4. The molecule has 0 bridgehead atoms. The first kappa shape index (κ1) is 19.7. The molecular weight excluding hydrogens is 419 g/mol. The van der Waals surface area contributed by atoms with Crippen LogP contribution in [0.3, 0.4) is 0 Å². The second kappa shape index (κ2) is 7.34. The van der Waals surface area contributed by atoms with Gasteiger partial charge in [0.25, 0.3) is 5.91 Å². The Labute approximate surface area is 173 Å². The highest BCUT2D eigenvalue weighted by atomic mass is 35.5. The molecule has 6 nitrogen and oxygen atoms in total. The smallest absolute Gasteiger partial charge is 0.383 e. The van der Waals surface area contributed by atoms with Crippen molar-refractivity contribution in [3.05, 3.63) is 77.2 Å². The lowest BCUT2D eigenvalue weighted by atomic mass is 10.1. The molecule has 3 N–H and O–H groups in total. The molecule has 2 heterocycles. The molecule has 0 saturated heterocycles. The highest BCUT2D eigenvalue weighted by Gasteiger charge is 2.33. The van der Waals surface area contributed by atoms with Gasteiger partial charge in [-0.15, -0.1) is 0 Å². The summed E-state index contributed by atoms with van der Waals surface area (Å²) >= 11 is 5.59. The summed E-state index contributed by atoms with van der Waals surface area (Å²) in [7, 11) is 0. The van der Waals surface area contributed by atoms with E-state index in [-0.39, 0.29) is 5.56 Å². The first-order valence-corrected chi connectivity index (χ1v) is 8.98. The molecule has 30 heavy (non-hydrogen) atoms. The number of rotatable bonds is 3. The zero-order chi connectivity index (χ0) is 21.5. The van der Waals surface area contributed by atoms with E-state index in [1.165, 1.54) is 12.4 Å². The number of amides is 1. The summed E-state index contributed by atoms with van der Waals surface area (Å²) in [6.07, 6.45) is -1.50. The summed E-state index contributed by atoms with van der Waals surface area (Å²) < 4.78 is 40.8. The molecule has 0 saturated carbocycles. The van der Waals surface area contributed by atoms with Gasteiger partial charge in [0.05, 0.1) is 16.0 Å². The first-order chi connectivity index (χ1) is 14.2. The van der Waals surface area contributed by atoms with Crippen LogP contribution in [0.15, 0.2) is 61.1 Å². The number of alkyl halides is 3. The number of nitrogens with one attached hydrogen (secondary N) is 1.